The van der Waals surface area contributed by atoms with Crippen LogP contribution in [0.3, 0.4) is 0 Å². The molecule has 0 radical (unpaired) electrons. The molecule has 3 aromatic carbocycles. The van der Waals surface area contributed by atoms with E-state index in [-0.39, 0.29) is 26.9 Å². The Kier molecular flexibility index (Phi) is 7.91. The van der Waals surface area contributed by atoms with E-state index in [1.54, 1.807) is 18.2 Å². The molecule has 3 rings (SSSR count). The Morgan fingerprint density at radius 2 is 1.86 bits per heavy atom. The first-order valence-electron chi connectivity index (χ1n) is 9.68. The molecule has 0 aliphatic carbocycles. The van der Waals surface area contributed by atoms with E-state index in [0.29, 0.717) is 4.47 Å². The quantitative estimate of drug-likeness (QED) is 0.126. The lowest BCUT2D eigenvalue weighted by Gasteiger charge is -2.11. The lowest BCUT2D eigenvalue weighted by atomic mass is 10.1. The second kappa shape index (κ2) is 10.7. The maximum Gasteiger partial charge on any atom is 0.339 e. The minimum absolute atomic E-state index is 0.0416. The van der Waals surface area contributed by atoms with Crippen LogP contribution in [0.25, 0.3) is 6.08 Å². The molecular weight excluding hydrogens is 562 g/mol. The summed E-state index contributed by atoms with van der Waals surface area (Å²) >= 11 is 9.04. The topological polar surface area (TPSA) is 139 Å². The standard InChI is InChI=1S/C23H15BrClN3O6S/c1-14-2-6-19(7-3-14)35(32,33)34-22-9-4-17(24)11-15(22)10-16(13-26)23(29)27-18-5-8-20(25)21(12-18)28(30)31/h2-12H,1H3,(H,27,29)/b16-10+. The van der Waals surface area contributed by atoms with E-state index in [9.17, 15) is 28.6 Å². The molecule has 1 N–H and O–H groups in total. The number of nitro groups is 1. The van der Waals surface area contributed by atoms with E-state index in [0.717, 1.165) is 17.7 Å². The fourth-order valence-electron chi connectivity index (χ4n) is 2.81. The molecule has 9 nitrogen and oxygen atoms in total. The molecule has 0 unspecified atom stereocenters. The molecule has 0 spiro atoms. The van der Waals surface area contributed by atoms with E-state index in [1.807, 2.05) is 6.92 Å². The number of carbonyl (C=O) groups excluding carboxylic acids is 1. The zero-order chi connectivity index (χ0) is 25.8. The summed E-state index contributed by atoms with van der Waals surface area (Å²) in [6, 6.07) is 15.8. The molecule has 0 atom stereocenters. The van der Waals surface area contributed by atoms with Crippen molar-refractivity contribution in [2.24, 2.45) is 0 Å². The fourth-order valence-corrected chi connectivity index (χ4v) is 4.33. The molecular formula is C23H15BrClN3O6S. The van der Waals surface area contributed by atoms with Gasteiger partial charge in [0.1, 0.15) is 27.3 Å². The van der Waals surface area contributed by atoms with Gasteiger partial charge in [0.05, 0.1) is 4.92 Å². The highest BCUT2D eigenvalue weighted by Crippen LogP contribution is 2.30. The first-order chi connectivity index (χ1) is 16.5. The smallest absolute Gasteiger partial charge is 0.339 e. The predicted octanol–water partition coefficient (Wildman–Crippen LogP) is 5.63. The normalized spacial score (nSPS) is 11.4. The van der Waals surface area contributed by atoms with Crippen molar-refractivity contribution in [2.75, 3.05) is 5.32 Å². The molecule has 0 saturated heterocycles. The van der Waals surface area contributed by atoms with Gasteiger partial charge < -0.3 is 9.50 Å². The number of halogens is 2. The highest BCUT2D eigenvalue weighted by molar-refractivity contribution is 9.10. The minimum atomic E-state index is -4.20. The summed E-state index contributed by atoms with van der Waals surface area (Å²) in [5.74, 6) is -0.993. The number of nitrogens with one attached hydrogen (secondary N) is 1. The summed E-state index contributed by atoms with van der Waals surface area (Å²) in [6.07, 6.45) is 1.14. The molecule has 178 valence electrons. The zero-order valence-electron chi connectivity index (χ0n) is 17.9. The van der Waals surface area contributed by atoms with Gasteiger partial charge in [-0.25, -0.2) is 0 Å². The molecule has 12 heteroatoms. The van der Waals surface area contributed by atoms with Crippen LogP contribution in [0.15, 0.2) is 75.6 Å². The number of amides is 1. The lowest BCUT2D eigenvalue weighted by Crippen LogP contribution is -2.14. The van der Waals surface area contributed by atoms with E-state index in [2.05, 4.69) is 21.2 Å². The first-order valence-corrected chi connectivity index (χ1v) is 12.3. The number of hydrogen-bond acceptors (Lipinski definition) is 7. The third-order valence-corrected chi connectivity index (χ3v) is 6.61. The van der Waals surface area contributed by atoms with Gasteiger partial charge in [0.25, 0.3) is 11.6 Å². The fraction of sp³-hybridized carbons (Fsp3) is 0.0435. The Balaban J connectivity index is 1.94. The third-order valence-electron chi connectivity index (χ3n) is 4.55. The summed E-state index contributed by atoms with van der Waals surface area (Å²) < 4.78 is 31.3. The maximum atomic E-state index is 12.7. The van der Waals surface area contributed by atoms with Gasteiger partial charge in [-0.05, 0) is 55.5 Å². The Hall–Kier alpha value is -3.72. The molecule has 0 fully saturated rings. The molecule has 0 aromatic heterocycles. The minimum Gasteiger partial charge on any atom is -0.378 e. The third kappa shape index (κ3) is 6.45. The molecule has 0 heterocycles. The van der Waals surface area contributed by atoms with Gasteiger partial charge in [0, 0.05) is 21.8 Å². The Labute approximate surface area is 214 Å². The number of nitriles is 1. The summed E-state index contributed by atoms with van der Waals surface area (Å²) in [7, 11) is -4.20. The number of rotatable bonds is 7. The van der Waals surface area contributed by atoms with Crippen molar-refractivity contribution in [1.29, 1.82) is 5.26 Å². The molecule has 35 heavy (non-hydrogen) atoms. The molecule has 0 saturated carbocycles. The Bertz CT molecular complexity index is 1500. The van der Waals surface area contributed by atoms with E-state index < -0.39 is 32.2 Å². The van der Waals surface area contributed by atoms with Crippen LogP contribution >= 0.6 is 27.5 Å². The first kappa shape index (κ1) is 25.9. The van der Waals surface area contributed by atoms with Crippen LogP contribution in [-0.4, -0.2) is 19.2 Å². The second-order valence-corrected chi connectivity index (χ2v) is 9.95. The van der Waals surface area contributed by atoms with Crippen molar-refractivity contribution < 1.29 is 22.3 Å². The van der Waals surface area contributed by atoms with Gasteiger partial charge in [0.2, 0.25) is 0 Å². The van der Waals surface area contributed by atoms with Crippen molar-refractivity contribution in [3.05, 3.63) is 97.0 Å². The van der Waals surface area contributed by atoms with Gasteiger partial charge in [0.15, 0.2) is 0 Å². The Morgan fingerprint density at radius 3 is 2.49 bits per heavy atom. The number of carbonyl (C=O) groups is 1. The SMILES string of the molecule is Cc1ccc(S(=O)(=O)Oc2ccc(Br)cc2/C=C(\C#N)C(=O)Nc2ccc(Cl)c([N+](=O)[O-])c2)cc1. The van der Waals surface area contributed by atoms with Crippen molar-refractivity contribution >= 4 is 61.0 Å². The molecule has 3 aromatic rings. The van der Waals surface area contributed by atoms with E-state index >= 15 is 0 Å². The van der Waals surface area contributed by atoms with Gasteiger partial charge in [-0.15, -0.1) is 0 Å². The average molecular weight is 577 g/mol. The second-order valence-electron chi connectivity index (χ2n) is 7.08. The van der Waals surface area contributed by atoms with Gasteiger partial charge in [-0.1, -0.05) is 45.2 Å². The Morgan fingerprint density at radius 1 is 1.17 bits per heavy atom. The lowest BCUT2D eigenvalue weighted by molar-refractivity contribution is -0.384. The highest BCUT2D eigenvalue weighted by atomic mass is 79.9. The monoisotopic (exact) mass is 575 g/mol. The van der Waals surface area contributed by atoms with E-state index in [4.69, 9.17) is 15.8 Å². The largest absolute Gasteiger partial charge is 0.378 e. The average Bonchev–Trinajstić information content (AvgIpc) is 2.80. The summed E-state index contributed by atoms with van der Waals surface area (Å²) in [6.45, 7) is 1.81. The van der Waals surface area contributed by atoms with Crippen LogP contribution < -0.4 is 9.50 Å². The summed E-state index contributed by atoms with van der Waals surface area (Å²) in [5, 5.41) is 22.9. The zero-order valence-corrected chi connectivity index (χ0v) is 21.0. The molecule has 0 aliphatic heterocycles. The maximum absolute atomic E-state index is 12.7. The van der Waals surface area contributed by atoms with Crippen LogP contribution in [-0.2, 0) is 14.9 Å². The summed E-state index contributed by atoms with van der Waals surface area (Å²) in [4.78, 5) is 23.0. The number of hydrogen-bond donors (Lipinski definition) is 1. The predicted molar refractivity (Wildman–Crippen MR) is 133 cm³/mol. The summed E-state index contributed by atoms with van der Waals surface area (Å²) in [5.41, 5.74) is 0.213. The number of nitrogens with zero attached hydrogens (tertiary/aromatic N) is 2. The van der Waals surface area contributed by atoms with Crippen LogP contribution in [0.5, 0.6) is 5.75 Å². The van der Waals surface area contributed by atoms with Crippen molar-refractivity contribution in [2.45, 2.75) is 11.8 Å². The number of aryl methyl sites for hydroxylation is 1. The van der Waals surface area contributed by atoms with Crippen molar-refractivity contribution in [1.82, 2.24) is 0 Å². The van der Waals surface area contributed by atoms with Gasteiger partial charge in [-0.2, -0.15) is 13.7 Å². The van der Waals surface area contributed by atoms with Crippen molar-refractivity contribution in [3.63, 3.8) is 0 Å². The van der Waals surface area contributed by atoms with Crippen molar-refractivity contribution in [3.8, 4) is 11.8 Å². The van der Waals surface area contributed by atoms with Gasteiger partial charge in [-0.3, -0.25) is 14.9 Å². The van der Waals surface area contributed by atoms with Crippen LogP contribution in [0.1, 0.15) is 11.1 Å². The molecule has 1 amide bonds. The number of benzene rings is 3. The van der Waals surface area contributed by atoms with Crippen LogP contribution in [0, 0.1) is 28.4 Å². The van der Waals surface area contributed by atoms with Crippen LogP contribution in [0.2, 0.25) is 5.02 Å². The number of nitro benzene ring substituents is 1. The molecule has 0 bridgehead atoms. The van der Waals surface area contributed by atoms with E-state index in [1.165, 1.54) is 42.5 Å². The molecule has 0 aliphatic rings. The van der Waals surface area contributed by atoms with Crippen LogP contribution in [0.4, 0.5) is 11.4 Å². The highest BCUT2D eigenvalue weighted by Gasteiger charge is 2.20. The van der Waals surface area contributed by atoms with Gasteiger partial charge >= 0.3 is 10.1 Å². The number of anilines is 1.